The Morgan fingerprint density at radius 2 is 0.725 bits per heavy atom. The molecule has 4 heteroatoms. The fourth-order valence-electron chi connectivity index (χ4n) is 4.73. The molecule has 40 heavy (non-hydrogen) atoms. The lowest BCUT2D eigenvalue weighted by atomic mass is 9.97. The van der Waals surface area contributed by atoms with E-state index in [1.54, 1.807) is 24.3 Å². The molecule has 5 aromatic rings. The zero-order valence-corrected chi connectivity index (χ0v) is 22.7. The Hall–Kier alpha value is -4.96. The van der Waals surface area contributed by atoms with Crippen molar-refractivity contribution in [3.8, 4) is 0 Å². The molecule has 0 saturated carbocycles. The van der Waals surface area contributed by atoms with E-state index in [4.69, 9.17) is 0 Å². The van der Waals surface area contributed by atoms with Crippen LogP contribution >= 0.6 is 0 Å². The van der Waals surface area contributed by atoms with E-state index in [9.17, 15) is 9.59 Å². The molecule has 0 aliphatic heterocycles. The molecule has 0 aliphatic rings. The van der Waals surface area contributed by atoms with Gasteiger partial charge in [0.25, 0.3) is 11.8 Å². The van der Waals surface area contributed by atoms with E-state index in [2.05, 4.69) is 10.6 Å². The molecule has 0 bridgehead atoms. The second-order valence-electron chi connectivity index (χ2n) is 10.0. The third-order valence-corrected chi connectivity index (χ3v) is 7.05. The quantitative estimate of drug-likeness (QED) is 0.223. The first-order valence-corrected chi connectivity index (χ1v) is 13.4. The topological polar surface area (TPSA) is 58.2 Å². The Morgan fingerprint density at radius 1 is 0.425 bits per heavy atom. The molecule has 4 nitrogen and oxygen atoms in total. The van der Waals surface area contributed by atoms with Gasteiger partial charge in [0.15, 0.2) is 0 Å². The van der Waals surface area contributed by atoms with Gasteiger partial charge in [-0.1, -0.05) is 120 Å². The lowest BCUT2D eigenvalue weighted by molar-refractivity contribution is 0.0931. The molecule has 0 heterocycles. The van der Waals surface area contributed by atoms with Crippen LogP contribution in [0.15, 0.2) is 133 Å². The van der Waals surface area contributed by atoms with Gasteiger partial charge in [0.1, 0.15) is 0 Å². The van der Waals surface area contributed by atoms with E-state index in [1.807, 2.05) is 123 Å². The average Bonchev–Trinajstić information content (AvgIpc) is 3.00. The summed E-state index contributed by atoms with van der Waals surface area (Å²) in [6, 6.07) is 42.4. The van der Waals surface area contributed by atoms with E-state index >= 15 is 0 Å². The molecule has 5 rings (SSSR count). The Balaban J connectivity index is 1.34. The number of benzene rings is 5. The maximum absolute atomic E-state index is 13.3. The number of hydrogen-bond acceptors (Lipinski definition) is 2. The van der Waals surface area contributed by atoms with Gasteiger partial charge in [0.05, 0.1) is 12.1 Å². The van der Waals surface area contributed by atoms with Crippen molar-refractivity contribution in [3.05, 3.63) is 178 Å². The number of aryl methyl sites for hydroxylation is 2. The Labute approximate surface area is 235 Å². The number of nitrogens with one attached hydrogen (secondary N) is 2. The molecule has 0 radical (unpaired) electrons. The van der Waals surface area contributed by atoms with Gasteiger partial charge in [-0.15, -0.1) is 0 Å². The Kier molecular flexibility index (Phi) is 8.17. The van der Waals surface area contributed by atoms with Gasteiger partial charge >= 0.3 is 0 Å². The summed E-state index contributed by atoms with van der Waals surface area (Å²) in [5.41, 5.74) is 7.30. The number of carbonyl (C=O) groups excluding carboxylic acids is 2. The molecule has 0 aliphatic carbocycles. The monoisotopic (exact) mass is 524 g/mol. The molecule has 0 spiro atoms. The molecular formula is C36H32N2O2. The van der Waals surface area contributed by atoms with Crippen molar-refractivity contribution in [2.24, 2.45) is 0 Å². The molecule has 198 valence electrons. The van der Waals surface area contributed by atoms with Crippen LogP contribution in [0.2, 0.25) is 0 Å². The van der Waals surface area contributed by atoms with Crippen molar-refractivity contribution >= 4 is 11.8 Å². The molecular weight excluding hydrogens is 492 g/mol. The van der Waals surface area contributed by atoms with E-state index < -0.39 is 0 Å². The van der Waals surface area contributed by atoms with Crippen LogP contribution in [0.5, 0.6) is 0 Å². The summed E-state index contributed by atoms with van der Waals surface area (Å²) in [7, 11) is 0. The molecule has 0 unspecified atom stereocenters. The Morgan fingerprint density at radius 3 is 1.05 bits per heavy atom. The molecule has 0 fully saturated rings. The van der Waals surface area contributed by atoms with Crippen LogP contribution in [-0.2, 0) is 0 Å². The molecule has 0 aromatic heterocycles. The fraction of sp³-hybridized carbons (Fsp3) is 0.111. The highest BCUT2D eigenvalue weighted by atomic mass is 16.2. The summed E-state index contributed by atoms with van der Waals surface area (Å²) in [6.45, 7) is 4.08. The third kappa shape index (κ3) is 6.36. The third-order valence-electron chi connectivity index (χ3n) is 7.05. The molecule has 0 saturated heterocycles. The summed E-state index contributed by atoms with van der Waals surface area (Å²) < 4.78 is 0. The van der Waals surface area contributed by atoms with Crippen molar-refractivity contribution in [2.75, 3.05) is 0 Å². The molecule has 2 N–H and O–H groups in total. The second kappa shape index (κ2) is 12.3. The van der Waals surface area contributed by atoms with Gasteiger partial charge in [-0.25, -0.2) is 0 Å². The van der Waals surface area contributed by atoms with Crippen LogP contribution in [0.1, 0.15) is 66.2 Å². The van der Waals surface area contributed by atoms with Crippen LogP contribution in [0.25, 0.3) is 0 Å². The zero-order chi connectivity index (χ0) is 27.9. The van der Waals surface area contributed by atoms with Crippen LogP contribution in [-0.4, -0.2) is 11.8 Å². The minimum absolute atomic E-state index is 0.205. The van der Waals surface area contributed by atoms with Gasteiger partial charge in [0.2, 0.25) is 0 Å². The van der Waals surface area contributed by atoms with Crippen molar-refractivity contribution in [1.29, 1.82) is 0 Å². The van der Waals surface area contributed by atoms with Gasteiger partial charge in [-0.2, -0.15) is 0 Å². The van der Waals surface area contributed by atoms with Crippen LogP contribution in [0, 0.1) is 13.8 Å². The van der Waals surface area contributed by atoms with Gasteiger partial charge in [-0.05, 0) is 60.4 Å². The summed E-state index contributed by atoms with van der Waals surface area (Å²) in [5, 5.41) is 6.35. The predicted octanol–water partition coefficient (Wildman–Crippen LogP) is 7.34. The van der Waals surface area contributed by atoms with Crippen LogP contribution in [0.4, 0.5) is 0 Å². The number of hydrogen-bond donors (Lipinski definition) is 2. The normalized spacial score (nSPS) is 12.2. The first-order chi connectivity index (χ1) is 19.5. The summed E-state index contributed by atoms with van der Waals surface area (Å²) >= 11 is 0. The maximum atomic E-state index is 13.3. The lowest BCUT2D eigenvalue weighted by Gasteiger charge is -2.21. The Bertz CT molecular complexity index is 1440. The first kappa shape index (κ1) is 26.6. The minimum atomic E-state index is -0.293. The van der Waals surface area contributed by atoms with Gasteiger partial charge < -0.3 is 10.6 Å². The standard InChI is InChI=1S/C36H32N2O2/c1-25-13-17-29(18-14-25)33(27-9-5-3-6-10-27)37-35(39)31-21-23-32(24-22-31)36(40)38-34(28-11-7-4-8-12-28)30-19-15-26(2)16-20-30/h3-24,33-34H,1-2H3,(H,37,39)(H,38,40)/t33-,34-/m1/s1. The van der Waals surface area contributed by atoms with Crippen molar-refractivity contribution in [1.82, 2.24) is 10.6 Å². The molecule has 5 aromatic carbocycles. The van der Waals surface area contributed by atoms with Gasteiger partial charge in [-0.3, -0.25) is 9.59 Å². The zero-order valence-electron chi connectivity index (χ0n) is 22.7. The van der Waals surface area contributed by atoms with Crippen molar-refractivity contribution in [2.45, 2.75) is 25.9 Å². The summed E-state index contributed by atoms with van der Waals surface area (Å²) in [6.07, 6.45) is 0. The molecule has 2 atom stereocenters. The smallest absolute Gasteiger partial charge is 0.252 e. The maximum Gasteiger partial charge on any atom is 0.252 e. The van der Waals surface area contributed by atoms with Crippen molar-refractivity contribution in [3.63, 3.8) is 0 Å². The van der Waals surface area contributed by atoms with E-state index in [0.29, 0.717) is 11.1 Å². The number of amides is 2. The number of rotatable bonds is 8. The highest BCUT2D eigenvalue weighted by Crippen LogP contribution is 2.25. The van der Waals surface area contributed by atoms with Crippen LogP contribution < -0.4 is 10.6 Å². The SMILES string of the molecule is Cc1ccc([C@H](NC(=O)c2ccc(C(=O)N[C@H](c3ccccc3)c3ccc(C)cc3)cc2)c2ccccc2)cc1. The average molecular weight is 525 g/mol. The predicted molar refractivity (Wildman–Crippen MR) is 160 cm³/mol. The van der Waals surface area contributed by atoms with E-state index in [0.717, 1.165) is 33.4 Å². The summed E-state index contributed by atoms with van der Waals surface area (Å²) in [5.74, 6) is -0.411. The number of carbonyl (C=O) groups is 2. The first-order valence-electron chi connectivity index (χ1n) is 13.4. The summed E-state index contributed by atoms with van der Waals surface area (Å²) in [4.78, 5) is 26.6. The van der Waals surface area contributed by atoms with Crippen molar-refractivity contribution < 1.29 is 9.59 Å². The highest BCUT2D eigenvalue weighted by Gasteiger charge is 2.20. The fourth-order valence-corrected chi connectivity index (χ4v) is 4.73. The molecule has 2 amide bonds. The largest absolute Gasteiger partial charge is 0.341 e. The van der Waals surface area contributed by atoms with E-state index in [-0.39, 0.29) is 23.9 Å². The lowest BCUT2D eigenvalue weighted by Crippen LogP contribution is -2.30. The minimum Gasteiger partial charge on any atom is -0.341 e. The van der Waals surface area contributed by atoms with Gasteiger partial charge in [0, 0.05) is 11.1 Å². The van der Waals surface area contributed by atoms with Crippen LogP contribution in [0.3, 0.4) is 0 Å². The second-order valence-corrected chi connectivity index (χ2v) is 10.0. The van der Waals surface area contributed by atoms with E-state index in [1.165, 1.54) is 0 Å². The highest BCUT2D eigenvalue weighted by molar-refractivity contribution is 5.98.